The maximum absolute atomic E-state index is 11.2. The first-order valence-corrected chi connectivity index (χ1v) is 5.59. The molecule has 0 saturated carbocycles. The summed E-state index contributed by atoms with van der Waals surface area (Å²) in [7, 11) is 0. The van der Waals surface area contributed by atoms with Crippen molar-refractivity contribution >= 4 is 18.2 Å². The molecular weight excluding hydrogens is 250 g/mol. The van der Waals surface area contributed by atoms with Gasteiger partial charge in [-0.1, -0.05) is 12.1 Å². The van der Waals surface area contributed by atoms with E-state index in [9.17, 15) is 9.59 Å². The lowest BCUT2D eigenvalue weighted by Crippen LogP contribution is -2.24. The van der Waals surface area contributed by atoms with Crippen molar-refractivity contribution in [2.24, 2.45) is 10.8 Å². The molecule has 7 heteroatoms. The Hall–Kier alpha value is -2.57. The van der Waals surface area contributed by atoms with Crippen LogP contribution >= 0.6 is 0 Å². The number of esters is 1. The summed E-state index contributed by atoms with van der Waals surface area (Å²) in [6, 6.07) is 6.14. The lowest BCUT2D eigenvalue weighted by Gasteiger charge is -2.08. The van der Waals surface area contributed by atoms with Crippen molar-refractivity contribution in [3.63, 3.8) is 0 Å². The van der Waals surface area contributed by atoms with Gasteiger partial charge in [0.05, 0.1) is 12.8 Å². The molecular formula is C12H15N3O4. The molecule has 1 rings (SSSR count). The van der Waals surface area contributed by atoms with Crippen molar-refractivity contribution in [2.75, 3.05) is 13.2 Å². The Bertz CT molecular complexity index is 474. The molecule has 0 saturated heterocycles. The number of hydrogen-bond acceptors (Lipinski definition) is 5. The van der Waals surface area contributed by atoms with E-state index in [0.717, 1.165) is 0 Å². The summed E-state index contributed by atoms with van der Waals surface area (Å²) in [5.74, 6) is -0.00456. The number of rotatable bonds is 6. The number of primary amides is 1. The molecule has 19 heavy (non-hydrogen) atoms. The number of para-hydroxylation sites is 1. The van der Waals surface area contributed by atoms with Crippen LogP contribution in [0.25, 0.3) is 0 Å². The van der Waals surface area contributed by atoms with Crippen LogP contribution in [0.15, 0.2) is 29.4 Å². The van der Waals surface area contributed by atoms with Crippen LogP contribution in [0.2, 0.25) is 0 Å². The molecule has 7 nitrogen and oxygen atoms in total. The van der Waals surface area contributed by atoms with Crippen molar-refractivity contribution in [2.45, 2.75) is 6.92 Å². The third-order valence-electron chi connectivity index (χ3n) is 1.95. The molecule has 0 aliphatic rings. The van der Waals surface area contributed by atoms with Crippen LogP contribution in [-0.4, -0.2) is 31.4 Å². The molecule has 0 aliphatic carbocycles. The predicted molar refractivity (Wildman–Crippen MR) is 68.9 cm³/mol. The second kappa shape index (κ2) is 7.70. The highest BCUT2D eigenvalue weighted by Crippen LogP contribution is 2.15. The van der Waals surface area contributed by atoms with Crippen LogP contribution in [0.4, 0.5) is 4.79 Å². The Labute approximate surface area is 110 Å². The first kappa shape index (κ1) is 14.5. The Balaban J connectivity index is 2.65. The van der Waals surface area contributed by atoms with Crippen molar-refractivity contribution in [1.29, 1.82) is 0 Å². The number of ether oxygens (including phenoxy) is 2. The van der Waals surface area contributed by atoms with Crippen LogP contribution < -0.4 is 15.9 Å². The molecule has 0 spiro atoms. The summed E-state index contributed by atoms with van der Waals surface area (Å²) in [6.45, 7) is 1.82. The first-order valence-electron chi connectivity index (χ1n) is 5.59. The molecule has 0 heterocycles. The van der Waals surface area contributed by atoms with Crippen LogP contribution in [0, 0.1) is 0 Å². The highest BCUT2D eigenvalue weighted by atomic mass is 16.6. The number of benzene rings is 1. The normalized spacial score (nSPS) is 10.2. The fourth-order valence-electron chi connectivity index (χ4n) is 1.22. The lowest BCUT2D eigenvalue weighted by molar-refractivity contribution is -0.145. The summed E-state index contributed by atoms with van der Waals surface area (Å²) < 4.78 is 10.0. The number of nitrogens with zero attached hydrogens (tertiary/aromatic N) is 1. The maximum atomic E-state index is 11.2. The fraction of sp³-hybridized carbons (Fsp3) is 0.250. The molecule has 0 aromatic heterocycles. The molecule has 102 valence electrons. The molecule has 2 amide bonds. The topological polar surface area (TPSA) is 103 Å². The second-order valence-corrected chi connectivity index (χ2v) is 3.37. The molecule has 1 aromatic carbocycles. The van der Waals surface area contributed by atoms with Crippen molar-refractivity contribution in [3.05, 3.63) is 29.8 Å². The molecule has 3 N–H and O–H groups in total. The van der Waals surface area contributed by atoms with E-state index in [1.165, 1.54) is 6.21 Å². The number of hydrogen-bond donors (Lipinski definition) is 2. The molecule has 0 aliphatic heterocycles. The van der Waals surface area contributed by atoms with Gasteiger partial charge in [0, 0.05) is 5.56 Å². The molecule has 0 unspecified atom stereocenters. The third kappa shape index (κ3) is 5.53. The van der Waals surface area contributed by atoms with E-state index in [0.29, 0.717) is 17.9 Å². The molecule has 0 bridgehead atoms. The average Bonchev–Trinajstić information content (AvgIpc) is 2.37. The fourth-order valence-corrected chi connectivity index (χ4v) is 1.22. The zero-order valence-corrected chi connectivity index (χ0v) is 10.5. The Morgan fingerprint density at radius 1 is 1.42 bits per heavy atom. The van der Waals surface area contributed by atoms with Crippen molar-refractivity contribution in [3.8, 4) is 5.75 Å². The number of hydrazone groups is 1. The maximum Gasteiger partial charge on any atom is 0.344 e. The minimum absolute atomic E-state index is 0.193. The van der Waals surface area contributed by atoms with Crippen LogP contribution in [0.3, 0.4) is 0 Å². The van der Waals surface area contributed by atoms with Gasteiger partial charge < -0.3 is 15.2 Å². The average molecular weight is 265 g/mol. The van der Waals surface area contributed by atoms with E-state index in [2.05, 4.69) is 10.5 Å². The van der Waals surface area contributed by atoms with Crippen molar-refractivity contribution < 1.29 is 19.1 Å². The summed E-state index contributed by atoms with van der Waals surface area (Å²) in [5.41, 5.74) is 7.54. The van der Waals surface area contributed by atoms with Crippen LogP contribution in [0.5, 0.6) is 5.75 Å². The number of carbonyl (C=O) groups is 2. The monoisotopic (exact) mass is 265 g/mol. The van der Waals surface area contributed by atoms with Crippen molar-refractivity contribution in [1.82, 2.24) is 5.43 Å². The zero-order valence-electron chi connectivity index (χ0n) is 10.5. The number of nitrogens with two attached hydrogens (primary N) is 1. The van der Waals surface area contributed by atoms with E-state index < -0.39 is 12.0 Å². The summed E-state index contributed by atoms with van der Waals surface area (Å²) in [4.78, 5) is 21.6. The third-order valence-corrected chi connectivity index (χ3v) is 1.95. The van der Waals surface area contributed by atoms with Gasteiger partial charge in [-0.05, 0) is 19.1 Å². The standard InChI is InChI=1S/C12H15N3O4/c1-2-18-11(16)8-19-10-6-4-3-5-9(10)7-14-15-12(13)17/h3-7H,2,8H2,1H3,(H3,13,15,17)/b14-7-. The number of nitrogens with one attached hydrogen (secondary N) is 1. The van der Waals surface area contributed by atoms with Crippen LogP contribution in [0.1, 0.15) is 12.5 Å². The van der Waals surface area contributed by atoms with Gasteiger partial charge in [0.15, 0.2) is 6.61 Å². The quantitative estimate of drug-likeness (QED) is 0.447. The number of carbonyl (C=O) groups excluding carboxylic acids is 2. The van der Waals surface area contributed by atoms with Gasteiger partial charge in [0.1, 0.15) is 5.75 Å². The predicted octanol–water partition coefficient (Wildman–Crippen LogP) is 0.631. The van der Waals surface area contributed by atoms with Gasteiger partial charge in [-0.2, -0.15) is 5.10 Å². The second-order valence-electron chi connectivity index (χ2n) is 3.37. The summed E-state index contributed by atoms with van der Waals surface area (Å²) in [5, 5.41) is 3.62. The minimum Gasteiger partial charge on any atom is -0.481 e. The Kier molecular flexibility index (Phi) is 5.87. The summed E-state index contributed by atoms with van der Waals surface area (Å²) in [6.07, 6.45) is 1.37. The van der Waals surface area contributed by atoms with Crippen LogP contribution in [-0.2, 0) is 9.53 Å². The Morgan fingerprint density at radius 3 is 2.84 bits per heavy atom. The zero-order chi connectivity index (χ0) is 14.1. The smallest absolute Gasteiger partial charge is 0.344 e. The van der Waals surface area contributed by atoms with E-state index in [4.69, 9.17) is 15.2 Å². The van der Waals surface area contributed by atoms with E-state index in [1.54, 1.807) is 31.2 Å². The van der Waals surface area contributed by atoms with E-state index >= 15 is 0 Å². The van der Waals surface area contributed by atoms with Gasteiger partial charge in [-0.3, -0.25) is 0 Å². The SMILES string of the molecule is CCOC(=O)COc1ccccc1/C=N\NC(N)=O. The number of urea groups is 1. The molecule has 0 atom stereocenters. The summed E-state index contributed by atoms with van der Waals surface area (Å²) >= 11 is 0. The molecule has 1 aromatic rings. The Morgan fingerprint density at radius 2 is 2.16 bits per heavy atom. The highest BCUT2D eigenvalue weighted by molar-refractivity contribution is 5.84. The van der Waals surface area contributed by atoms with Gasteiger partial charge >= 0.3 is 12.0 Å². The largest absolute Gasteiger partial charge is 0.481 e. The lowest BCUT2D eigenvalue weighted by atomic mass is 10.2. The minimum atomic E-state index is -0.763. The number of amides is 2. The first-order chi connectivity index (χ1) is 9.13. The van der Waals surface area contributed by atoms with E-state index in [-0.39, 0.29) is 6.61 Å². The van der Waals surface area contributed by atoms with Gasteiger partial charge in [-0.25, -0.2) is 15.0 Å². The highest BCUT2D eigenvalue weighted by Gasteiger charge is 2.05. The van der Waals surface area contributed by atoms with Gasteiger partial charge in [-0.15, -0.1) is 0 Å². The van der Waals surface area contributed by atoms with Gasteiger partial charge in [0.2, 0.25) is 0 Å². The van der Waals surface area contributed by atoms with E-state index in [1.807, 2.05) is 0 Å². The molecule has 0 radical (unpaired) electrons. The van der Waals surface area contributed by atoms with Gasteiger partial charge in [0.25, 0.3) is 0 Å². The molecule has 0 fully saturated rings.